The summed E-state index contributed by atoms with van der Waals surface area (Å²) < 4.78 is 4.33. The summed E-state index contributed by atoms with van der Waals surface area (Å²) in [6.45, 7) is 4.18. The Labute approximate surface area is 117 Å². The normalized spacial score (nSPS) is 10.9. The summed E-state index contributed by atoms with van der Waals surface area (Å²) in [6, 6.07) is 0. The lowest BCUT2D eigenvalue weighted by molar-refractivity contribution is -0.696. The highest BCUT2D eigenvalue weighted by Crippen LogP contribution is 2.04. The number of nitrogens with zero attached hydrogens (tertiary/aromatic N) is 2. The molecule has 2 N–H and O–H groups in total. The lowest BCUT2D eigenvalue weighted by Gasteiger charge is -1.99. The van der Waals surface area contributed by atoms with Crippen LogP contribution in [0.3, 0.4) is 0 Å². The summed E-state index contributed by atoms with van der Waals surface area (Å²) in [6.07, 6.45) is 15.4. The molecule has 0 amide bonds. The van der Waals surface area contributed by atoms with E-state index in [0.29, 0.717) is 6.32 Å². The van der Waals surface area contributed by atoms with E-state index in [2.05, 4.69) is 34.8 Å². The number of rotatable bonds is 11. The third-order valence-electron chi connectivity index (χ3n) is 3.39. The van der Waals surface area contributed by atoms with Gasteiger partial charge < -0.3 is 10.0 Å². The van der Waals surface area contributed by atoms with Gasteiger partial charge in [-0.15, -0.1) is 0 Å². The van der Waals surface area contributed by atoms with Crippen LogP contribution >= 0.6 is 0 Å². The first-order valence-corrected chi connectivity index (χ1v) is 7.63. The van der Waals surface area contributed by atoms with Crippen LogP contribution in [0, 0.1) is 0 Å². The molecule has 0 saturated heterocycles. The SMILES string of the molecule is CCCCCCCC[n+]1ccn(CCCB(O)O)c1. The minimum atomic E-state index is -1.18. The highest BCUT2D eigenvalue weighted by Gasteiger charge is 2.08. The number of unbranched alkanes of at least 4 members (excludes halogenated alkanes) is 5. The molecule has 0 aromatic carbocycles. The van der Waals surface area contributed by atoms with Crippen LogP contribution in [0.25, 0.3) is 0 Å². The Hall–Kier alpha value is -0.805. The van der Waals surface area contributed by atoms with Crippen molar-refractivity contribution in [3.8, 4) is 0 Å². The van der Waals surface area contributed by atoms with Gasteiger partial charge in [-0.25, -0.2) is 9.13 Å². The molecule has 0 saturated carbocycles. The van der Waals surface area contributed by atoms with Crippen molar-refractivity contribution in [3.05, 3.63) is 18.7 Å². The summed E-state index contributed by atoms with van der Waals surface area (Å²) in [5.41, 5.74) is 0. The zero-order valence-electron chi connectivity index (χ0n) is 12.2. The predicted octanol–water partition coefficient (Wildman–Crippen LogP) is 2.00. The molecule has 108 valence electrons. The van der Waals surface area contributed by atoms with Crippen LogP contribution in [0.5, 0.6) is 0 Å². The monoisotopic (exact) mass is 267 g/mol. The van der Waals surface area contributed by atoms with Gasteiger partial charge in [0.05, 0.1) is 13.1 Å². The Morgan fingerprint density at radius 2 is 1.79 bits per heavy atom. The molecular formula is C14H28BN2O2+. The van der Waals surface area contributed by atoms with Gasteiger partial charge in [-0.3, -0.25) is 0 Å². The van der Waals surface area contributed by atoms with Gasteiger partial charge in [0.15, 0.2) is 0 Å². The summed E-state index contributed by atoms with van der Waals surface area (Å²) in [5.74, 6) is 0. The molecule has 1 aromatic heterocycles. The van der Waals surface area contributed by atoms with E-state index in [1.807, 2.05) is 0 Å². The van der Waals surface area contributed by atoms with Crippen molar-refractivity contribution in [1.82, 2.24) is 4.57 Å². The Balaban J connectivity index is 2.09. The minimum absolute atomic E-state index is 0.440. The van der Waals surface area contributed by atoms with Gasteiger partial charge in [0.1, 0.15) is 12.4 Å². The van der Waals surface area contributed by atoms with Gasteiger partial charge in [-0.1, -0.05) is 32.6 Å². The topological polar surface area (TPSA) is 49.3 Å². The van der Waals surface area contributed by atoms with Gasteiger partial charge in [0.2, 0.25) is 6.33 Å². The highest BCUT2D eigenvalue weighted by molar-refractivity contribution is 6.40. The average molecular weight is 267 g/mol. The number of hydrogen-bond acceptors (Lipinski definition) is 2. The first-order valence-electron chi connectivity index (χ1n) is 7.63. The molecule has 1 aromatic rings. The van der Waals surface area contributed by atoms with E-state index >= 15 is 0 Å². The number of aromatic nitrogens is 2. The maximum absolute atomic E-state index is 8.78. The number of hydrogen-bond donors (Lipinski definition) is 2. The van der Waals surface area contributed by atoms with Crippen LogP contribution in [-0.4, -0.2) is 21.7 Å². The summed E-state index contributed by atoms with van der Waals surface area (Å²) in [7, 11) is -1.18. The van der Waals surface area contributed by atoms with Crippen molar-refractivity contribution in [1.29, 1.82) is 0 Å². The lowest BCUT2D eigenvalue weighted by Crippen LogP contribution is -2.30. The number of aryl methyl sites for hydroxylation is 2. The fraction of sp³-hybridized carbons (Fsp3) is 0.786. The van der Waals surface area contributed by atoms with E-state index in [1.165, 1.54) is 38.5 Å². The van der Waals surface area contributed by atoms with Gasteiger partial charge in [-0.05, 0) is 25.6 Å². The Kier molecular flexibility index (Phi) is 8.59. The van der Waals surface area contributed by atoms with Crippen LogP contribution in [0.2, 0.25) is 6.32 Å². The molecule has 0 bridgehead atoms. The molecule has 0 unspecified atom stereocenters. The molecule has 0 aliphatic carbocycles. The minimum Gasteiger partial charge on any atom is -0.427 e. The van der Waals surface area contributed by atoms with Crippen LogP contribution < -0.4 is 4.57 Å². The van der Waals surface area contributed by atoms with Crippen LogP contribution in [0.15, 0.2) is 18.7 Å². The van der Waals surface area contributed by atoms with E-state index in [-0.39, 0.29) is 0 Å². The van der Waals surface area contributed by atoms with E-state index in [1.54, 1.807) is 0 Å². The molecule has 0 atom stereocenters. The smallest absolute Gasteiger partial charge is 0.427 e. The second-order valence-corrected chi connectivity index (χ2v) is 5.28. The third kappa shape index (κ3) is 8.06. The zero-order valence-corrected chi connectivity index (χ0v) is 12.2. The van der Waals surface area contributed by atoms with Crippen molar-refractivity contribution >= 4 is 7.12 Å². The van der Waals surface area contributed by atoms with Gasteiger partial charge in [0.25, 0.3) is 0 Å². The third-order valence-corrected chi connectivity index (χ3v) is 3.39. The van der Waals surface area contributed by atoms with Crippen molar-refractivity contribution in [3.63, 3.8) is 0 Å². The average Bonchev–Trinajstić information content (AvgIpc) is 2.81. The quantitative estimate of drug-likeness (QED) is 0.366. The van der Waals surface area contributed by atoms with Crippen LogP contribution in [-0.2, 0) is 13.1 Å². The molecular weight excluding hydrogens is 239 g/mol. The predicted molar refractivity (Wildman–Crippen MR) is 77.6 cm³/mol. The maximum atomic E-state index is 8.78. The molecule has 0 radical (unpaired) electrons. The molecule has 0 spiro atoms. The van der Waals surface area contributed by atoms with Crippen molar-refractivity contribution in [2.45, 2.75) is 71.3 Å². The van der Waals surface area contributed by atoms with Gasteiger partial charge in [-0.2, -0.15) is 0 Å². The Bertz CT molecular complexity index is 329. The summed E-state index contributed by atoms with van der Waals surface area (Å²) in [4.78, 5) is 0. The van der Waals surface area contributed by atoms with Crippen molar-refractivity contribution in [2.24, 2.45) is 0 Å². The molecule has 4 nitrogen and oxygen atoms in total. The lowest BCUT2D eigenvalue weighted by atomic mass is 9.84. The van der Waals surface area contributed by atoms with Gasteiger partial charge >= 0.3 is 7.12 Å². The second kappa shape index (κ2) is 10.0. The van der Waals surface area contributed by atoms with Crippen LogP contribution in [0.1, 0.15) is 51.9 Å². The fourth-order valence-corrected chi connectivity index (χ4v) is 2.23. The fourth-order valence-electron chi connectivity index (χ4n) is 2.23. The van der Waals surface area contributed by atoms with Crippen molar-refractivity contribution in [2.75, 3.05) is 0 Å². The molecule has 1 rings (SSSR count). The summed E-state index contributed by atoms with van der Waals surface area (Å²) in [5, 5.41) is 17.6. The van der Waals surface area contributed by atoms with E-state index in [0.717, 1.165) is 19.5 Å². The van der Waals surface area contributed by atoms with Crippen LogP contribution in [0.4, 0.5) is 0 Å². The van der Waals surface area contributed by atoms with Gasteiger partial charge in [0, 0.05) is 0 Å². The molecule has 0 fully saturated rings. The molecule has 5 heteroatoms. The molecule has 1 heterocycles. The Morgan fingerprint density at radius 3 is 2.53 bits per heavy atom. The van der Waals surface area contributed by atoms with E-state index in [4.69, 9.17) is 10.0 Å². The first kappa shape index (κ1) is 16.2. The highest BCUT2D eigenvalue weighted by atomic mass is 16.4. The van der Waals surface area contributed by atoms with E-state index < -0.39 is 7.12 Å². The zero-order chi connectivity index (χ0) is 13.9. The largest absolute Gasteiger partial charge is 0.451 e. The first-order chi connectivity index (χ1) is 9.22. The maximum Gasteiger partial charge on any atom is 0.451 e. The Morgan fingerprint density at radius 1 is 1.05 bits per heavy atom. The second-order valence-electron chi connectivity index (χ2n) is 5.28. The number of imidazole rings is 1. The molecule has 0 aliphatic heterocycles. The molecule has 19 heavy (non-hydrogen) atoms. The van der Waals surface area contributed by atoms with E-state index in [9.17, 15) is 0 Å². The molecule has 0 aliphatic rings. The summed E-state index contributed by atoms with van der Waals surface area (Å²) >= 11 is 0. The van der Waals surface area contributed by atoms with Crippen molar-refractivity contribution < 1.29 is 14.6 Å². The standard InChI is InChI=1S/C14H28BN2O2/c1-2-3-4-5-6-7-10-16-12-13-17(14-16)11-8-9-15(18)19/h12-14,18-19H,2-11H2,1H3/q+1.